The number of rotatable bonds is 0. The highest BCUT2D eigenvalue weighted by Crippen LogP contribution is 2.65. The summed E-state index contributed by atoms with van der Waals surface area (Å²) < 4.78 is 0. The third-order valence-electron chi connectivity index (χ3n) is 42.2. The Bertz CT molecular complexity index is 8900. The number of fused-ring (bicyclic) bond motifs is 22. The molecule has 0 saturated heterocycles. The second-order valence-corrected chi connectivity index (χ2v) is 46.8. The second-order valence-electron chi connectivity index (χ2n) is 46.8. The molecule has 0 atom stereocenters. The van der Waals surface area contributed by atoms with Crippen molar-refractivity contribution < 1.29 is 0 Å². The van der Waals surface area contributed by atoms with E-state index in [0.717, 1.165) is 0 Å². The zero-order valence-electron chi connectivity index (χ0n) is 97.0. The van der Waals surface area contributed by atoms with Crippen molar-refractivity contribution >= 4 is 140 Å². The van der Waals surface area contributed by atoms with Gasteiger partial charge in [-0.25, -0.2) is 0 Å². The van der Waals surface area contributed by atoms with Crippen molar-refractivity contribution in [3.05, 3.63) is 289 Å². The minimum atomic E-state index is 1.43. The van der Waals surface area contributed by atoms with Crippen molar-refractivity contribution in [1.29, 1.82) is 0 Å². The summed E-state index contributed by atoms with van der Waals surface area (Å²) >= 11 is 0. The molecular weight excluding hydrogens is 1710 g/mol. The van der Waals surface area contributed by atoms with Crippen molar-refractivity contribution in [3.63, 3.8) is 0 Å². The summed E-state index contributed by atoms with van der Waals surface area (Å²) in [6.07, 6.45) is 0. The van der Waals surface area contributed by atoms with E-state index in [2.05, 4.69) is 360 Å². The van der Waals surface area contributed by atoms with Crippen LogP contribution in [0.5, 0.6) is 0 Å². The maximum absolute atomic E-state index is 2.44. The van der Waals surface area contributed by atoms with E-state index in [1.165, 1.54) is 496 Å². The van der Waals surface area contributed by atoms with Crippen molar-refractivity contribution in [2.45, 2.75) is 360 Å². The van der Waals surface area contributed by atoms with Crippen LogP contribution in [0, 0.1) is 360 Å². The van der Waals surface area contributed by atoms with E-state index >= 15 is 0 Å². The van der Waals surface area contributed by atoms with Crippen LogP contribution in [0.25, 0.3) is 207 Å². The quantitative estimate of drug-likeness (QED) is 0.133. The summed E-state index contributed by atoms with van der Waals surface area (Å²) in [5, 5.41) is 38.7. The average Bonchev–Trinajstić information content (AvgIpc) is 1.12. The van der Waals surface area contributed by atoms with Gasteiger partial charge < -0.3 is 0 Å². The molecule has 724 valence electrons. The lowest BCUT2D eigenvalue weighted by Gasteiger charge is -2.27. The molecule has 0 fully saturated rings. The predicted octanol–water partition coefficient (Wildman–Crippen LogP) is 41.6. The predicted molar refractivity (Wildman–Crippen MR) is 635 cm³/mol. The molecule has 0 nitrogen and oxygen atoms in total. The van der Waals surface area contributed by atoms with Crippen LogP contribution in [0.3, 0.4) is 0 Å². The molecule has 0 radical (unpaired) electrons. The molecule has 20 aromatic rings. The molecule has 0 heterocycles. The molecule has 0 spiro atoms. The van der Waals surface area contributed by atoms with Crippen LogP contribution >= 0.6 is 0 Å². The molecule has 0 aromatic heterocycles. The van der Waals surface area contributed by atoms with Crippen molar-refractivity contribution in [3.8, 4) is 66.8 Å². The zero-order chi connectivity index (χ0) is 104. The lowest BCUT2D eigenvalue weighted by Crippen LogP contribution is -2.03. The molecule has 23 rings (SSSR count). The van der Waals surface area contributed by atoms with Crippen LogP contribution in [-0.2, 0) is 0 Å². The van der Waals surface area contributed by atoms with E-state index in [0.29, 0.717) is 0 Å². The molecule has 3 aliphatic carbocycles. The molecule has 3 aliphatic rings. The highest BCUT2D eigenvalue weighted by Gasteiger charge is 2.41. The third-order valence-corrected chi connectivity index (χ3v) is 42.2. The Labute approximate surface area is 850 Å². The summed E-state index contributed by atoms with van der Waals surface area (Å²) in [5.74, 6) is 0. The van der Waals surface area contributed by atoms with Gasteiger partial charge in [0.05, 0.1) is 0 Å². The van der Waals surface area contributed by atoms with Gasteiger partial charge in [-0.1, -0.05) is 0 Å². The normalized spacial score (nSPS) is 12.5. The summed E-state index contributed by atoms with van der Waals surface area (Å²) in [5.41, 5.74) is 93.3. The van der Waals surface area contributed by atoms with Gasteiger partial charge in [0, 0.05) is 0 Å². The Morgan fingerprint density at radius 3 is 0.282 bits per heavy atom. The Kier molecular flexibility index (Phi) is 22.0. The Morgan fingerprint density at radius 1 is 0.0423 bits per heavy atom. The molecule has 142 heavy (non-hydrogen) atoms. The van der Waals surface area contributed by atoms with Gasteiger partial charge in [0.15, 0.2) is 0 Å². The smallest absolute Gasteiger partial charge is 0.00151 e. The van der Waals surface area contributed by atoms with Gasteiger partial charge in [0.1, 0.15) is 0 Å². The molecule has 0 amide bonds. The van der Waals surface area contributed by atoms with Crippen LogP contribution < -0.4 is 0 Å². The van der Waals surface area contributed by atoms with Crippen LogP contribution in [0.15, 0.2) is 0 Å². The molecule has 0 unspecified atom stereocenters. The summed E-state index contributed by atoms with van der Waals surface area (Å²) in [7, 11) is 0. The van der Waals surface area contributed by atoms with Gasteiger partial charge in [-0.05, 0) is 856 Å². The monoisotopic (exact) mass is 1860 g/mol. The van der Waals surface area contributed by atoms with Gasteiger partial charge in [0.25, 0.3) is 0 Å². The van der Waals surface area contributed by atoms with Crippen molar-refractivity contribution in [2.75, 3.05) is 0 Å². The first-order valence-corrected chi connectivity index (χ1v) is 53.2. The topological polar surface area (TPSA) is 0 Å². The summed E-state index contributed by atoms with van der Waals surface area (Å²) in [6.45, 7) is 122. The van der Waals surface area contributed by atoms with Crippen molar-refractivity contribution in [1.82, 2.24) is 0 Å². The van der Waals surface area contributed by atoms with Crippen LogP contribution in [0.4, 0.5) is 0 Å². The average molecular weight is 1860 g/mol. The first kappa shape index (κ1) is 97.7. The molecule has 20 aromatic carbocycles. The van der Waals surface area contributed by atoms with Crippen LogP contribution in [-0.4, -0.2) is 0 Å². The molecular formula is C142H156. The first-order chi connectivity index (χ1) is 66.4. The highest BCUT2D eigenvalue weighted by molar-refractivity contribution is 6.43. The minimum absolute atomic E-state index is 1.43. The first-order valence-electron chi connectivity index (χ1n) is 53.2. The summed E-state index contributed by atoms with van der Waals surface area (Å²) in [6, 6.07) is 0. The maximum atomic E-state index is 2.44. The second kappa shape index (κ2) is 31.9. The van der Waals surface area contributed by atoms with E-state index in [1.807, 2.05) is 0 Å². The summed E-state index contributed by atoms with van der Waals surface area (Å²) in [4.78, 5) is 0. The SMILES string of the molecule is Cc1c(C)c(C)c2c(C)c3c(c(C)c2c1C)-c1c(C)c(C)c(C)c2c(C)c(C)c(C)c-3c12.Cc1c(C)c(C)c2c(c1C)-c1c(C)c(C)c(C)c3c(C)c(C)c(C)c-2c13.Cc1c(C)c2c(C)c(C)c(C)c3c4c(C)c5c(c(C)c4c(c1C)c23)c1c(C)c(C)c(C)c2c(C)c(C)c(C)c5c21.Cc1c(C)c2c3c(c(C)c(C)c(C)c3c1C)-c1c-2c(C)c2c3c(C)c(C)c(C)c(C)c3c3c(C)c(C)c(C)c(C)c3c2c1C. The fourth-order valence-corrected chi connectivity index (χ4v) is 30.5. The largest absolute Gasteiger partial charge is 0.0444 e. The van der Waals surface area contributed by atoms with E-state index in [1.54, 1.807) is 0 Å². The van der Waals surface area contributed by atoms with Gasteiger partial charge in [-0.2, -0.15) is 0 Å². The molecule has 0 bridgehead atoms. The van der Waals surface area contributed by atoms with E-state index in [9.17, 15) is 0 Å². The Morgan fingerprint density at radius 2 is 0.120 bits per heavy atom. The molecule has 0 N–H and O–H groups in total. The van der Waals surface area contributed by atoms with Gasteiger partial charge >= 0.3 is 0 Å². The van der Waals surface area contributed by atoms with E-state index in [4.69, 9.17) is 0 Å². The Hall–Kier alpha value is -11.7. The van der Waals surface area contributed by atoms with Gasteiger partial charge in [-0.3, -0.25) is 0 Å². The minimum Gasteiger partial charge on any atom is -0.0444 e. The zero-order valence-corrected chi connectivity index (χ0v) is 97.0. The van der Waals surface area contributed by atoms with Gasteiger partial charge in [-0.15, -0.1) is 0 Å². The van der Waals surface area contributed by atoms with Crippen LogP contribution in [0.2, 0.25) is 0 Å². The number of hydrogen-bond donors (Lipinski definition) is 0. The van der Waals surface area contributed by atoms with Crippen LogP contribution in [0.1, 0.15) is 289 Å². The lowest BCUT2D eigenvalue weighted by molar-refractivity contribution is 1.22. The number of hydrogen-bond acceptors (Lipinski definition) is 0. The molecule has 0 saturated carbocycles. The lowest BCUT2D eigenvalue weighted by atomic mass is 9.77. The Balaban J connectivity index is 0.000000118. The van der Waals surface area contributed by atoms with E-state index < -0.39 is 0 Å². The highest BCUT2D eigenvalue weighted by atomic mass is 14.4. The molecule has 0 aliphatic heterocycles. The van der Waals surface area contributed by atoms with E-state index in [-0.39, 0.29) is 0 Å². The number of benzene rings is 18. The third kappa shape index (κ3) is 11.5. The van der Waals surface area contributed by atoms with Crippen molar-refractivity contribution in [2.24, 2.45) is 0 Å². The van der Waals surface area contributed by atoms with Gasteiger partial charge in [0.2, 0.25) is 0 Å². The maximum Gasteiger partial charge on any atom is -0.00151 e. The fourth-order valence-electron chi connectivity index (χ4n) is 30.5. The fraction of sp³-hybridized carbons (Fsp3) is 0.366. The number of aryl methyl sites for hydroxylation is 26. The standard InChI is InChI=1S/C44H48.C40H42.C32H36.C26H30/c1-17-19(3)27(11)36-34(25(17)9)35-26(10)18(2)20(4)28(12)37(35)41-32(16)43-39-30(14)22(6)24(8)33-23(7)21(5)29(13)38(44(33)39)42(43)31(15)40(36)41;1-15-19(5)29-20(6)16(2)24(10)32-36-28(14)38-34-26(12)18(4)22(8)30-21(7)17(3)25(11)33(40(30)34)37(38)27(13)35(36)31(23(15)9)39(29)32;1-13-14(2)18(6)27-24(12)31-29-22(10)16(4)20(8)25-19(7)15(3)21(9)28(32(25)29)30(31)23(11)26(27)17(13)5;1-11-12(2)18(8)23-22(17(11)7)24-19(9)13(3)15(5)21-16(6)14(4)20(10)25(23)26(21)24/h1-16H3;1-14H3;1-12H3;1-10H3. The molecule has 0 heteroatoms.